The Morgan fingerprint density at radius 3 is 2.22 bits per heavy atom. The van der Waals surface area contributed by atoms with Crippen molar-refractivity contribution in [2.45, 2.75) is 26.7 Å². The third-order valence-electron chi connectivity index (χ3n) is 5.40. The number of carbonyl (C=O) groups is 2. The van der Waals surface area contributed by atoms with Gasteiger partial charge in [0, 0.05) is 44.8 Å². The summed E-state index contributed by atoms with van der Waals surface area (Å²) in [5.74, 6) is 0.888. The van der Waals surface area contributed by atoms with E-state index in [1.807, 2.05) is 4.90 Å². The minimum absolute atomic E-state index is 0.193. The van der Waals surface area contributed by atoms with Gasteiger partial charge < -0.3 is 9.32 Å². The Labute approximate surface area is 159 Å². The maximum Gasteiger partial charge on any atom is 0.240 e. The Morgan fingerprint density at radius 2 is 1.63 bits per heavy atom. The Balaban J connectivity index is 1.44. The summed E-state index contributed by atoms with van der Waals surface area (Å²) in [6, 6.07) is 2.08. The molecule has 0 radical (unpaired) electrons. The molecular formula is C19H27N5O3. The number of amides is 2. The molecule has 0 aliphatic carbocycles. The summed E-state index contributed by atoms with van der Waals surface area (Å²) in [5.41, 5.74) is 1.13. The Morgan fingerprint density at radius 1 is 1.04 bits per heavy atom. The van der Waals surface area contributed by atoms with E-state index in [2.05, 4.69) is 21.2 Å². The molecule has 3 rings (SSSR count). The van der Waals surface area contributed by atoms with E-state index in [4.69, 9.17) is 4.42 Å². The van der Waals surface area contributed by atoms with Crippen molar-refractivity contribution < 1.29 is 14.0 Å². The van der Waals surface area contributed by atoms with Crippen LogP contribution in [0.15, 0.2) is 4.42 Å². The monoisotopic (exact) mass is 373 g/mol. The highest BCUT2D eigenvalue weighted by Gasteiger charge is 2.25. The predicted octanol–water partition coefficient (Wildman–Crippen LogP) is 0.947. The second kappa shape index (κ2) is 8.55. The van der Waals surface area contributed by atoms with E-state index in [0.29, 0.717) is 17.9 Å². The number of nitriles is 1. The highest BCUT2D eigenvalue weighted by atomic mass is 16.4. The van der Waals surface area contributed by atoms with Gasteiger partial charge in [0.25, 0.3) is 0 Å². The van der Waals surface area contributed by atoms with Gasteiger partial charge in [0.05, 0.1) is 13.1 Å². The van der Waals surface area contributed by atoms with Gasteiger partial charge in [0.15, 0.2) is 0 Å². The smallest absolute Gasteiger partial charge is 0.240 e. The Hall–Kier alpha value is -2.37. The lowest BCUT2D eigenvalue weighted by Gasteiger charge is -2.34. The Kier molecular flexibility index (Phi) is 6.14. The van der Waals surface area contributed by atoms with Crippen LogP contribution in [-0.2, 0) is 9.59 Å². The first-order valence-corrected chi connectivity index (χ1v) is 9.50. The molecule has 2 aliphatic heterocycles. The molecule has 3 heterocycles. The molecule has 0 atom stereocenters. The lowest BCUT2D eigenvalue weighted by Crippen LogP contribution is -2.51. The summed E-state index contributed by atoms with van der Waals surface area (Å²) in [7, 11) is 0. The molecule has 8 nitrogen and oxygen atoms in total. The van der Waals surface area contributed by atoms with Crippen LogP contribution in [0.4, 0.5) is 5.88 Å². The third kappa shape index (κ3) is 4.67. The summed E-state index contributed by atoms with van der Waals surface area (Å²) in [6.45, 7) is 9.08. The summed E-state index contributed by atoms with van der Waals surface area (Å²) >= 11 is 0. The molecule has 2 amide bonds. The summed E-state index contributed by atoms with van der Waals surface area (Å²) in [6.07, 6.45) is 2.22. The maximum absolute atomic E-state index is 12.3. The second-order valence-corrected chi connectivity index (χ2v) is 7.29. The molecule has 0 unspecified atom stereocenters. The van der Waals surface area contributed by atoms with Crippen LogP contribution in [-0.4, -0.2) is 78.9 Å². The molecule has 2 fully saturated rings. The van der Waals surface area contributed by atoms with Crippen LogP contribution in [0.1, 0.15) is 29.7 Å². The van der Waals surface area contributed by atoms with Crippen molar-refractivity contribution >= 4 is 17.7 Å². The first-order chi connectivity index (χ1) is 13.0. The largest absolute Gasteiger partial charge is 0.444 e. The maximum atomic E-state index is 12.3. The number of rotatable bonds is 5. The van der Waals surface area contributed by atoms with E-state index >= 15 is 0 Å². The molecule has 8 heteroatoms. The minimum atomic E-state index is -0.193. The van der Waals surface area contributed by atoms with Crippen molar-refractivity contribution in [1.29, 1.82) is 5.26 Å². The van der Waals surface area contributed by atoms with Gasteiger partial charge in [-0.3, -0.25) is 24.7 Å². The van der Waals surface area contributed by atoms with Crippen molar-refractivity contribution in [1.82, 2.24) is 14.7 Å². The van der Waals surface area contributed by atoms with Crippen LogP contribution in [0.5, 0.6) is 0 Å². The molecule has 146 valence electrons. The number of anilines is 1. The number of piperazine rings is 1. The molecule has 1 aromatic heterocycles. The fourth-order valence-corrected chi connectivity index (χ4v) is 3.58. The van der Waals surface area contributed by atoms with E-state index in [9.17, 15) is 14.9 Å². The number of aryl methyl sites for hydroxylation is 1. The lowest BCUT2D eigenvalue weighted by atomic mass is 10.2. The molecule has 1 N–H and O–H groups in total. The van der Waals surface area contributed by atoms with Gasteiger partial charge >= 0.3 is 0 Å². The predicted molar refractivity (Wildman–Crippen MR) is 100 cm³/mol. The third-order valence-corrected chi connectivity index (χ3v) is 5.40. The van der Waals surface area contributed by atoms with Crippen LogP contribution in [0.2, 0.25) is 0 Å². The number of nitrogens with zero attached hydrogens (tertiary/aromatic N) is 4. The first-order valence-electron chi connectivity index (χ1n) is 9.50. The zero-order valence-corrected chi connectivity index (χ0v) is 16.1. The highest BCUT2D eigenvalue weighted by Crippen LogP contribution is 2.25. The normalized spacial score (nSPS) is 18.5. The SMILES string of the molecule is Cc1oc(NC(=O)CN2CCN(CC(=O)N3CCCC3)CC2)c(C#N)c1C. The van der Waals surface area contributed by atoms with E-state index in [1.54, 1.807) is 13.8 Å². The summed E-state index contributed by atoms with van der Waals surface area (Å²) in [5, 5.41) is 11.9. The van der Waals surface area contributed by atoms with Gasteiger partial charge in [-0.2, -0.15) is 5.26 Å². The molecule has 1 aromatic rings. The van der Waals surface area contributed by atoms with Crippen molar-refractivity contribution in [3.8, 4) is 6.07 Å². The topological polar surface area (TPSA) is 92.8 Å². The van der Waals surface area contributed by atoms with Crippen LogP contribution in [0.3, 0.4) is 0 Å². The molecule has 2 saturated heterocycles. The van der Waals surface area contributed by atoms with Crippen LogP contribution < -0.4 is 5.32 Å². The van der Waals surface area contributed by atoms with Gasteiger partial charge in [-0.1, -0.05) is 0 Å². The molecule has 0 bridgehead atoms. The quantitative estimate of drug-likeness (QED) is 0.826. The van der Waals surface area contributed by atoms with Crippen LogP contribution >= 0.6 is 0 Å². The van der Waals surface area contributed by atoms with Crippen LogP contribution in [0, 0.1) is 25.2 Å². The van der Waals surface area contributed by atoms with Crippen molar-refractivity contribution in [2.24, 2.45) is 0 Å². The van der Waals surface area contributed by atoms with Crippen molar-refractivity contribution in [3.05, 3.63) is 16.9 Å². The van der Waals surface area contributed by atoms with E-state index in [1.165, 1.54) is 0 Å². The standard InChI is InChI=1S/C19H27N5O3/c1-14-15(2)27-19(16(14)11-20)21-17(25)12-22-7-9-23(10-8-22)13-18(26)24-5-3-4-6-24/h3-10,12-13H2,1-2H3,(H,21,25). The molecule has 0 aromatic carbocycles. The van der Waals surface area contributed by atoms with E-state index in [-0.39, 0.29) is 24.2 Å². The molecular weight excluding hydrogens is 346 g/mol. The number of hydrogen-bond acceptors (Lipinski definition) is 6. The number of nitrogens with one attached hydrogen (secondary N) is 1. The average molecular weight is 373 g/mol. The zero-order valence-electron chi connectivity index (χ0n) is 16.1. The highest BCUT2D eigenvalue weighted by molar-refractivity contribution is 5.92. The lowest BCUT2D eigenvalue weighted by molar-refractivity contribution is -0.132. The fourth-order valence-electron chi connectivity index (χ4n) is 3.58. The van der Waals surface area contributed by atoms with Gasteiger partial charge in [-0.05, 0) is 26.7 Å². The summed E-state index contributed by atoms with van der Waals surface area (Å²) < 4.78 is 5.48. The zero-order chi connectivity index (χ0) is 19.4. The van der Waals surface area contributed by atoms with E-state index < -0.39 is 0 Å². The number of likely N-dealkylation sites (tertiary alicyclic amines) is 1. The number of carbonyl (C=O) groups excluding carboxylic acids is 2. The van der Waals surface area contributed by atoms with Crippen LogP contribution in [0.25, 0.3) is 0 Å². The Bertz CT molecular complexity index is 737. The minimum Gasteiger partial charge on any atom is -0.444 e. The number of hydrogen-bond donors (Lipinski definition) is 1. The van der Waals surface area contributed by atoms with E-state index in [0.717, 1.165) is 57.7 Å². The van der Waals surface area contributed by atoms with Gasteiger partial charge in [-0.25, -0.2) is 0 Å². The molecule has 0 spiro atoms. The van der Waals surface area contributed by atoms with Gasteiger partial charge in [0.1, 0.15) is 17.4 Å². The molecule has 27 heavy (non-hydrogen) atoms. The van der Waals surface area contributed by atoms with Gasteiger partial charge in [-0.15, -0.1) is 0 Å². The van der Waals surface area contributed by atoms with Crippen molar-refractivity contribution in [3.63, 3.8) is 0 Å². The molecule has 0 saturated carbocycles. The second-order valence-electron chi connectivity index (χ2n) is 7.29. The van der Waals surface area contributed by atoms with Gasteiger partial charge in [0.2, 0.25) is 17.7 Å². The number of furan rings is 1. The first kappa shape index (κ1) is 19.4. The fraction of sp³-hybridized carbons (Fsp3) is 0.632. The van der Waals surface area contributed by atoms with Crippen molar-refractivity contribution in [2.75, 3.05) is 57.7 Å². The summed E-state index contributed by atoms with van der Waals surface area (Å²) in [4.78, 5) is 30.7. The molecule has 2 aliphatic rings. The average Bonchev–Trinajstić information content (AvgIpc) is 3.26.